The van der Waals surface area contributed by atoms with Gasteiger partial charge in [0, 0.05) is 10.8 Å². The molecular weight excluding hydrogens is 458 g/mol. The van der Waals surface area contributed by atoms with Crippen molar-refractivity contribution in [2.24, 2.45) is 15.4 Å². The van der Waals surface area contributed by atoms with E-state index in [1.165, 1.54) is 0 Å². The van der Waals surface area contributed by atoms with Gasteiger partial charge in [0.15, 0.2) is 5.84 Å². The number of nitrogens with zero attached hydrogens (tertiary/aromatic N) is 2. The number of fused-ring (bicyclic) bond motifs is 3. The molecule has 3 heterocycles. The van der Waals surface area contributed by atoms with Crippen LogP contribution in [0, 0.1) is 5.41 Å². The van der Waals surface area contributed by atoms with Crippen molar-refractivity contribution in [2.75, 3.05) is 0 Å². The maximum atomic E-state index is 6.33. The number of amidine groups is 2. The van der Waals surface area contributed by atoms with Crippen LogP contribution in [0.3, 0.4) is 0 Å². The minimum Gasteiger partial charge on any atom is -0.463 e. The molecule has 0 radical (unpaired) electrons. The number of furan rings is 1. The second kappa shape index (κ2) is 9.10. The molecule has 0 spiro atoms. The first-order valence-electron chi connectivity index (χ1n) is 12.3. The smallest absolute Gasteiger partial charge is 0.162 e. The average molecular weight is 486 g/mol. The molecule has 1 N–H and O–H groups in total. The second-order valence-electron chi connectivity index (χ2n) is 9.47. The Morgan fingerprint density at radius 2 is 1.70 bits per heavy atom. The lowest BCUT2D eigenvalue weighted by Gasteiger charge is -2.31. The number of rotatable bonds is 3. The Kier molecular flexibility index (Phi) is 5.61. The molecule has 2 atom stereocenters. The molecule has 37 heavy (non-hydrogen) atoms. The monoisotopic (exact) mass is 485 g/mol. The zero-order valence-electron chi connectivity index (χ0n) is 20.8. The van der Waals surface area contributed by atoms with Gasteiger partial charge < -0.3 is 14.5 Å². The number of aliphatic imine (C=N–C) groups is 2. The zero-order chi connectivity index (χ0) is 25.4. The van der Waals surface area contributed by atoms with E-state index in [2.05, 4.69) is 55.2 Å². The number of allylic oxidation sites excluding steroid dienone is 4. The zero-order valence-corrected chi connectivity index (χ0v) is 20.8. The summed E-state index contributed by atoms with van der Waals surface area (Å²) in [5.74, 6) is 2.74. The van der Waals surface area contributed by atoms with Crippen LogP contribution in [0.5, 0.6) is 0 Å². The molecule has 0 saturated carbocycles. The fourth-order valence-electron chi connectivity index (χ4n) is 4.71. The first-order chi connectivity index (χ1) is 18.0. The van der Waals surface area contributed by atoms with E-state index in [-0.39, 0.29) is 6.17 Å². The van der Waals surface area contributed by atoms with Gasteiger partial charge in [-0.3, -0.25) is 0 Å². The summed E-state index contributed by atoms with van der Waals surface area (Å²) in [6.07, 6.45) is 9.65. The van der Waals surface area contributed by atoms with E-state index in [1.807, 2.05) is 73.7 Å². The maximum Gasteiger partial charge on any atom is 0.162 e. The highest BCUT2D eigenvalue weighted by molar-refractivity contribution is 6.18. The van der Waals surface area contributed by atoms with Gasteiger partial charge in [0.05, 0.1) is 11.0 Å². The van der Waals surface area contributed by atoms with Crippen LogP contribution in [-0.4, -0.2) is 11.7 Å². The van der Waals surface area contributed by atoms with Crippen LogP contribution in [0.25, 0.3) is 21.9 Å². The van der Waals surface area contributed by atoms with Crippen LogP contribution in [-0.2, 0) is 4.74 Å². The Balaban J connectivity index is 1.54. The first-order valence-corrected chi connectivity index (χ1v) is 12.3. The van der Waals surface area contributed by atoms with Crippen LogP contribution >= 0.6 is 0 Å². The van der Waals surface area contributed by atoms with Crippen molar-refractivity contribution >= 4 is 33.6 Å². The standard InChI is InChI=1S/C32H27N3O2/c1-21-11-10-19-32(3,20-18-22(2)36-21)31-34-29(23-12-5-4-6-13-23)33-30(35-31)26-16-9-15-25-24-14-7-8-17-27(24)37-28(25)26/h4-20,29H,2H2,1,3H3,(H,33,34,35)/b19-10-,20-18-,21-11+. The van der Waals surface area contributed by atoms with Crippen molar-refractivity contribution in [1.29, 1.82) is 0 Å². The summed E-state index contributed by atoms with van der Waals surface area (Å²) in [5.41, 5.74) is 2.97. The second-order valence-corrected chi connectivity index (χ2v) is 9.47. The third kappa shape index (κ3) is 4.29. The molecule has 0 fully saturated rings. The van der Waals surface area contributed by atoms with Gasteiger partial charge in [0.25, 0.3) is 0 Å². The number of nitrogens with one attached hydrogen (secondary N) is 1. The Morgan fingerprint density at radius 1 is 0.919 bits per heavy atom. The molecule has 3 aromatic carbocycles. The molecule has 182 valence electrons. The molecular formula is C32H27N3O2. The summed E-state index contributed by atoms with van der Waals surface area (Å²) in [4.78, 5) is 10.2. The van der Waals surface area contributed by atoms with Gasteiger partial charge in [0.1, 0.15) is 34.7 Å². The number of hydrogen-bond acceptors (Lipinski definition) is 5. The third-order valence-corrected chi connectivity index (χ3v) is 6.69. The molecule has 5 nitrogen and oxygen atoms in total. The predicted octanol–water partition coefficient (Wildman–Crippen LogP) is 7.60. The highest BCUT2D eigenvalue weighted by Gasteiger charge is 2.32. The fourth-order valence-corrected chi connectivity index (χ4v) is 4.71. The van der Waals surface area contributed by atoms with Crippen LogP contribution < -0.4 is 5.32 Å². The predicted molar refractivity (Wildman–Crippen MR) is 150 cm³/mol. The minimum absolute atomic E-state index is 0.314. The topological polar surface area (TPSA) is 59.1 Å². The van der Waals surface area contributed by atoms with Gasteiger partial charge in [-0.05, 0) is 43.7 Å². The van der Waals surface area contributed by atoms with Gasteiger partial charge in [-0.2, -0.15) is 0 Å². The Bertz CT molecular complexity index is 1670. The van der Waals surface area contributed by atoms with Crippen LogP contribution in [0.4, 0.5) is 0 Å². The van der Waals surface area contributed by atoms with E-state index >= 15 is 0 Å². The summed E-state index contributed by atoms with van der Waals surface area (Å²) < 4.78 is 12.1. The molecule has 2 unspecified atom stereocenters. The Morgan fingerprint density at radius 3 is 2.57 bits per heavy atom. The van der Waals surface area contributed by atoms with Crippen LogP contribution in [0.15, 0.2) is 136 Å². The number of para-hydroxylation sites is 2. The van der Waals surface area contributed by atoms with E-state index < -0.39 is 5.41 Å². The normalized spacial score (nSPS) is 25.0. The molecule has 2 aliphatic rings. The van der Waals surface area contributed by atoms with Crippen molar-refractivity contribution in [3.05, 3.63) is 132 Å². The van der Waals surface area contributed by atoms with Gasteiger partial charge in [-0.15, -0.1) is 0 Å². The van der Waals surface area contributed by atoms with E-state index in [0.29, 0.717) is 11.6 Å². The molecule has 0 amide bonds. The lowest BCUT2D eigenvalue weighted by molar-refractivity contribution is 0.324. The van der Waals surface area contributed by atoms with Gasteiger partial charge in [-0.1, -0.05) is 85.5 Å². The first kappa shape index (κ1) is 22.8. The Hall–Kier alpha value is -4.64. The van der Waals surface area contributed by atoms with Crippen molar-refractivity contribution in [1.82, 2.24) is 5.32 Å². The van der Waals surface area contributed by atoms with Crippen molar-refractivity contribution < 1.29 is 9.15 Å². The summed E-state index contributed by atoms with van der Waals surface area (Å²) in [6.45, 7) is 8.05. The van der Waals surface area contributed by atoms with Crippen molar-refractivity contribution in [3.63, 3.8) is 0 Å². The lowest BCUT2D eigenvalue weighted by Crippen LogP contribution is -2.42. The average Bonchev–Trinajstić information content (AvgIpc) is 3.33. The Labute approximate surface area is 215 Å². The SMILES string of the molecule is C=C1/C=C\C(C)(C2=NC(c3cccc4c3oc3ccccc34)=NC(c3ccccc3)N2)/C=C\C=C(/C)O1. The van der Waals surface area contributed by atoms with Crippen molar-refractivity contribution in [3.8, 4) is 0 Å². The molecule has 5 heteroatoms. The number of hydrogen-bond donors (Lipinski definition) is 1. The van der Waals surface area contributed by atoms with E-state index in [1.54, 1.807) is 0 Å². The van der Waals surface area contributed by atoms with Gasteiger partial charge in [0.2, 0.25) is 0 Å². The summed E-state index contributed by atoms with van der Waals surface area (Å²) in [7, 11) is 0. The number of ether oxygens (including phenoxy) is 1. The molecule has 6 rings (SSSR count). The van der Waals surface area contributed by atoms with Gasteiger partial charge >= 0.3 is 0 Å². The molecule has 0 aliphatic carbocycles. The number of benzene rings is 3. The van der Waals surface area contributed by atoms with Crippen LogP contribution in [0.1, 0.15) is 31.1 Å². The largest absolute Gasteiger partial charge is 0.463 e. The fraction of sp³-hybridized carbons (Fsp3) is 0.125. The quantitative estimate of drug-likeness (QED) is 0.325. The molecule has 1 aromatic heterocycles. The van der Waals surface area contributed by atoms with Crippen LogP contribution in [0.2, 0.25) is 0 Å². The maximum absolute atomic E-state index is 6.33. The highest BCUT2D eigenvalue weighted by Crippen LogP contribution is 2.34. The molecule has 0 saturated heterocycles. The van der Waals surface area contributed by atoms with Crippen molar-refractivity contribution in [2.45, 2.75) is 20.0 Å². The summed E-state index contributed by atoms with van der Waals surface area (Å²) in [5, 5.41) is 5.71. The third-order valence-electron chi connectivity index (χ3n) is 6.69. The summed E-state index contributed by atoms with van der Waals surface area (Å²) in [6, 6.07) is 24.4. The molecule has 0 bridgehead atoms. The molecule has 4 aromatic rings. The van der Waals surface area contributed by atoms with Gasteiger partial charge in [-0.25, -0.2) is 9.98 Å². The summed E-state index contributed by atoms with van der Waals surface area (Å²) >= 11 is 0. The minimum atomic E-state index is -0.566. The van der Waals surface area contributed by atoms with E-state index in [0.717, 1.165) is 44.7 Å². The highest BCUT2D eigenvalue weighted by atomic mass is 16.5. The molecule has 2 aliphatic heterocycles. The lowest BCUT2D eigenvalue weighted by atomic mass is 9.86. The van der Waals surface area contributed by atoms with E-state index in [9.17, 15) is 0 Å². The van der Waals surface area contributed by atoms with E-state index in [4.69, 9.17) is 19.1 Å².